The van der Waals surface area contributed by atoms with Gasteiger partial charge in [0.05, 0.1) is 11.3 Å². The first-order valence-corrected chi connectivity index (χ1v) is 10.8. The molecule has 0 aliphatic carbocycles. The molecule has 0 atom stereocenters. The maximum Gasteiger partial charge on any atom is 0.416 e. The van der Waals surface area contributed by atoms with E-state index < -0.39 is 11.7 Å². The second kappa shape index (κ2) is 10.2. The molecule has 0 bridgehead atoms. The molecule has 1 fully saturated rings. The number of likely N-dealkylation sites (tertiary alicyclic amines) is 1. The first-order chi connectivity index (χ1) is 15.1. The summed E-state index contributed by atoms with van der Waals surface area (Å²) in [7, 11) is 0. The van der Waals surface area contributed by atoms with Crippen molar-refractivity contribution in [1.29, 1.82) is 0 Å². The fraction of sp³-hybridized carbons (Fsp3) is 0.522. The van der Waals surface area contributed by atoms with Crippen molar-refractivity contribution < 1.29 is 27.3 Å². The number of carbonyl (C=O) groups is 2. The van der Waals surface area contributed by atoms with Gasteiger partial charge in [-0.3, -0.25) is 9.59 Å². The Balaban J connectivity index is 1.39. The maximum absolute atomic E-state index is 12.8. The first kappa shape index (κ1) is 23.8. The summed E-state index contributed by atoms with van der Waals surface area (Å²) in [6.45, 7) is 5.20. The van der Waals surface area contributed by atoms with E-state index in [0.29, 0.717) is 37.4 Å². The lowest BCUT2D eigenvalue weighted by Crippen LogP contribution is -2.38. The summed E-state index contributed by atoms with van der Waals surface area (Å²) in [5, 5.41) is 6.62. The van der Waals surface area contributed by atoms with Crippen molar-refractivity contribution in [2.75, 3.05) is 13.1 Å². The summed E-state index contributed by atoms with van der Waals surface area (Å²) in [5.41, 5.74) is 0.434. The monoisotopic (exact) mass is 451 g/mol. The number of hydrogen-bond donors (Lipinski definition) is 1. The number of benzene rings is 1. The highest BCUT2D eigenvalue weighted by Crippen LogP contribution is 2.29. The smallest absolute Gasteiger partial charge is 0.352 e. The Kier molecular flexibility index (Phi) is 7.58. The molecule has 2 aromatic rings. The van der Waals surface area contributed by atoms with Gasteiger partial charge in [-0.25, -0.2) is 0 Å². The molecule has 3 rings (SSSR count). The van der Waals surface area contributed by atoms with Gasteiger partial charge in [-0.05, 0) is 48.8 Å². The Bertz CT molecular complexity index is 932. The Morgan fingerprint density at radius 1 is 1.22 bits per heavy atom. The minimum absolute atomic E-state index is 0.0608. The number of nitrogens with zero attached hydrogens (tertiary/aromatic N) is 2. The van der Waals surface area contributed by atoms with Crippen LogP contribution in [-0.4, -0.2) is 35.0 Å². The number of hydrogen-bond acceptors (Lipinski definition) is 4. The second-order valence-corrected chi connectivity index (χ2v) is 8.52. The summed E-state index contributed by atoms with van der Waals surface area (Å²) in [6, 6.07) is 6.64. The maximum atomic E-state index is 12.8. The summed E-state index contributed by atoms with van der Waals surface area (Å²) in [6.07, 6.45) is -1.84. The van der Waals surface area contributed by atoms with Crippen LogP contribution >= 0.6 is 0 Å². The number of carbonyl (C=O) groups excluding carboxylic acids is 2. The fourth-order valence-corrected chi connectivity index (χ4v) is 3.72. The molecule has 1 saturated heterocycles. The summed E-state index contributed by atoms with van der Waals surface area (Å²) in [5.74, 6) is 0.400. The Morgan fingerprint density at radius 2 is 1.94 bits per heavy atom. The van der Waals surface area contributed by atoms with Crippen LogP contribution in [0.1, 0.15) is 72.8 Å². The average molecular weight is 451 g/mol. The number of rotatable bonds is 7. The molecule has 6 nitrogen and oxygen atoms in total. The van der Waals surface area contributed by atoms with Crippen LogP contribution in [-0.2, 0) is 17.5 Å². The van der Waals surface area contributed by atoms with Gasteiger partial charge < -0.3 is 14.7 Å². The van der Waals surface area contributed by atoms with Gasteiger partial charge in [-0.1, -0.05) is 31.1 Å². The molecule has 1 aromatic carbocycles. The van der Waals surface area contributed by atoms with Gasteiger partial charge in [0.25, 0.3) is 5.91 Å². The van der Waals surface area contributed by atoms with Crippen LogP contribution in [0.25, 0.3) is 0 Å². The fourth-order valence-electron chi connectivity index (χ4n) is 3.72. The molecular formula is C23H28F3N3O3. The zero-order chi connectivity index (χ0) is 23.3. The standard InChI is InChI=1S/C23H28F3N3O3/c1-15(2)19-13-20(32-28-19)22(31)29-10-8-16(9-11-29)6-7-21(30)27-14-17-4-3-5-18(12-17)23(24,25)26/h3-5,12-13,15-16H,6-11,14H2,1-2H3,(H,27,30). The predicted octanol–water partition coefficient (Wildman–Crippen LogP) is 4.77. The molecule has 2 heterocycles. The molecule has 32 heavy (non-hydrogen) atoms. The Morgan fingerprint density at radius 3 is 2.56 bits per heavy atom. The quantitative estimate of drug-likeness (QED) is 0.658. The topological polar surface area (TPSA) is 75.4 Å². The largest absolute Gasteiger partial charge is 0.416 e. The molecule has 174 valence electrons. The van der Waals surface area contributed by atoms with Crippen LogP contribution in [0.15, 0.2) is 34.9 Å². The van der Waals surface area contributed by atoms with Crippen molar-refractivity contribution >= 4 is 11.8 Å². The zero-order valence-corrected chi connectivity index (χ0v) is 18.2. The Labute approximate surface area is 185 Å². The minimum Gasteiger partial charge on any atom is -0.352 e. The number of alkyl halides is 3. The molecule has 1 aromatic heterocycles. The van der Waals surface area contributed by atoms with Crippen molar-refractivity contribution in [3.05, 3.63) is 52.9 Å². The third kappa shape index (κ3) is 6.34. The average Bonchev–Trinajstić information content (AvgIpc) is 3.26. The summed E-state index contributed by atoms with van der Waals surface area (Å²) >= 11 is 0. The number of halogens is 3. The van der Waals surface area contributed by atoms with E-state index in [1.54, 1.807) is 17.0 Å². The normalized spacial score (nSPS) is 15.2. The summed E-state index contributed by atoms with van der Waals surface area (Å²) < 4.78 is 43.5. The molecule has 0 radical (unpaired) electrons. The predicted molar refractivity (Wildman–Crippen MR) is 112 cm³/mol. The third-order valence-corrected chi connectivity index (χ3v) is 5.76. The highest BCUT2D eigenvalue weighted by molar-refractivity contribution is 5.91. The second-order valence-electron chi connectivity index (χ2n) is 8.52. The van der Waals surface area contributed by atoms with E-state index in [-0.39, 0.29) is 30.0 Å². The molecule has 9 heteroatoms. The molecule has 0 spiro atoms. The van der Waals surface area contributed by atoms with Crippen LogP contribution in [0.2, 0.25) is 0 Å². The minimum atomic E-state index is -4.40. The molecule has 0 saturated carbocycles. The molecule has 2 amide bonds. The van der Waals surface area contributed by atoms with Gasteiger partial charge in [0, 0.05) is 32.1 Å². The van der Waals surface area contributed by atoms with E-state index in [1.807, 2.05) is 13.8 Å². The SMILES string of the molecule is CC(C)c1cc(C(=O)N2CCC(CCC(=O)NCc3cccc(C(F)(F)F)c3)CC2)on1. The molecule has 0 unspecified atom stereocenters. The van der Waals surface area contributed by atoms with E-state index in [2.05, 4.69) is 10.5 Å². The van der Waals surface area contributed by atoms with Gasteiger partial charge in [-0.2, -0.15) is 13.2 Å². The zero-order valence-electron chi connectivity index (χ0n) is 18.2. The Hall–Kier alpha value is -2.84. The van der Waals surface area contributed by atoms with Gasteiger partial charge >= 0.3 is 6.18 Å². The van der Waals surface area contributed by atoms with Gasteiger partial charge in [0.1, 0.15) is 0 Å². The van der Waals surface area contributed by atoms with Gasteiger partial charge in [-0.15, -0.1) is 0 Å². The van der Waals surface area contributed by atoms with Crippen LogP contribution in [0, 0.1) is 5.92 Å². The van der Waals surface area contributed by atoms with Crippen molar-refractivity contribution in [2.24, 2.45) is 5.92 Å². The third-order valence-electron chi connectivity index (χ3n) is 5.76. The number of nitrogens with one attached hydrogen (secondary N) is 1. The van der Waals surface area contributed by atoms with Gasteiger partial charge in [0.2, 0.25) is 11.7 Å². The van der Waals surface area contributed by atoms with Crippen LogP contribution in [0.4, 0.5) is 13.2 Å². The van der Waals surface area contributed by atoms with Crippen LogP contribution in [0.5, 0.6) is 0 Å². The lowest BCUT2D eigenvalue weighted by Gasteiger charge is -2.31. The van der Waals surface area contributed by atoms with Crippen molar-refractivity contribution in [3.8, 4) is 0 Å². The lowest BCUT2D eigenvalue weighted by atomic mass is 9.92. The van der Waals surface area contributed by atoms with E-state index >= 15 is 0 Å². The van der Waals surface area contributed by atoms with E-state index in [4.69, 9.17) is 4.52 Å². The highest BCUT2D eigenvalue weighted by Gasteiger charge is 2.30. The number of amides is 2. The first-order valence-electron chi connectivity index (χ1n) is 10.8. The molecule has 1 N–H and O–H groups in total. The molecule has 1 aliphatic rings. The van der Waals surface area contributed by atoms with Gasteiger partial charge in [0.15, 0.2) is 0 Å². The van der Waals surface area contributed by atoms with E-state index in [1.165, 1.54) is 6.07 Å². The van der Waals surface area contributed by atoms with Crippen molar-refractivity contribution in [2.45, 2.75) is 58.2 Å². The number of piperidine rings is 1. The summed E-state index contributed by atoms with van der Waals surface area (Å²) in [4.78, 5) is 26.5. The van der Waals surface area contributed by atoms with E-state index in [9.17, 15) is 22.8 Å². The van der Waals surface area contributed by atoms with E-state index in [0.717, 1.165) is 30.7 Å². The van der Waals surface area contributed by atoms with Crippen LogP contribution < -0.4 is 5.32 Å². The highest BCUT2D eigenvalue weighted by atomic mass is 19.4. The lowest BCUT2D eigenvalue weighted by molar-refractivity contribution is -0.137. The van der Waals surface area contributed by atoms with Crippen molar-refractivity contribution in [3.63, 3.8) is 0 Å². The number of aromatic nitrogens is 1. The van der Waals surface area contributed by atoms with Crippen LogP contribution in [0.3, 0.4) is 0 Å². The van der Waals surface area contributed by atoms with Crippen molar-refractivity contribution in [1.82, 2.24) is 15.4 Å². The molecule has 1 aliphatic heterocycles. The molecular weight excluding hydrogens is 423 g/mol.